The lowest BCUT2D eigenvalue weighted by molar-refractivity contribution is 0.181. The summed E-state index contributed by atoms with van der Waals surface area (Å²) in [5.41, 5.74) is 0.807. The molecule has 2 heterocycles. The van der Waals surface area contributed by atoms with Gasteiger partial charge in [0, 0.05) is 20.2 Å². The van der Waals surface area contributed by atoms with E-state index in [1.165, 1.54) is 0 Å². The Morgan fingerprint density at radius 2 is 2.07 bits per heavy atom. The number of terminal acetylenes is 1. The molecule has 30 heavy (non-hydrogen) atoms. The Balaban J connectivity index is 1.87. The van der Waals surface area contributed by atoms with E-state index in [9.17, 15) is 8.42 Å². The van der Waals surface area contributed by atoms with E-state index < -0.39 is 9.84 Å². The number of ether oxygens (including phenoxy) is 1. The molecule has 0 bridgehead atoms. The monoisotopic (exact) mass is 433 g/mol. The second-order valence-corrected chi connectivity index (χ2v) is 9.89. The topological polar surface area (TPSA) is 77.6 Å². The minimum atomic E-state index is -3.50. The van der Waals surface area contributed by atoms with Crippen LogP contribution in [0.25, 0.3) is 0 Å². The van der Waals surface area contributed by atoms with Crippen LogP contribution < -0.4 is 0 Å². The van der Waals surface area contributed by atoms with Crippen LogP contribution in [0.15, 0.2) is 34.2 Å². The molecule has 7 nitrogen and oxygen atoms in total. The van der Waals surface area contributed by atoms with Crippen molar-refractivity contribution in [1.82, 2.24) is 14.5 Å². The summed E-state index contributed by atoms with van der Waals surface area (Å²) < 4.78 is 39.3. The molecular formula is C22H31N3O4S. The molecule has 1 saturated carbocycles. The molecule has 164 valence electrons. The number of aromatic nitrogens is 2. The largest absolute Gasteiger partial charge is 0.468 e. The summed E-state index contributed by atoms with van der Waals surface area (Å²) in [6.07, 6.45) is 14.4. The summed E-state index contributed by atoms with van der Waals surface area (Å²) in [7, 11) is -1.90. The second kappa shape index (κ2) is 10.8. The fraction of sp³-hybridized carbons (Fsp3) is 0.591. The van der Waals surface area contributed by atoms with Crippen molar-refractivity contribution >= 4 is 9.84 Å². The van der Waals surface area contributed by atoms with E-state index in [1.807, 2.05) is 17.0 Å². The summed E-state index contributed by atoms with van der Waals surface area (Å²) in [4.78, 5) is 6.40. The van der Waals surface area contributed by atoms with E-state index in [0.29, 0.717) is 45.6 Å². The quantitative estimate of drug-likeness (QED) is 0.423. The van der Waals surface area contributed by atoms with Gasteiger partial charge in [0.25, 0.3) is 0 Å². The smallest absolute Gasteiger partial charge is 0.228 e. The summed E-state index contributed by atoms with van der Waals surface area (Å²) in [5, 5.41) is -0.207. The highest BCUT2D eigenvalue weighted by molar-refractivity contribution is 7.91. The molecule has 0 unspecified atom stereocenters. The predicted molar refractivity (Wildman–Crippen MR) is 114 cm³/mol. The van der Waals surface area contributed by atoms with Gasteiger partial charge in [0.15, 0.2) is 0 Å². The zero-order valence-corrected chi connectivity index (χ0v) is 18.4. The molecule has 1 aliphatic carbocycles. The number of hydrogen-bond donors (Lipinski definition) is 0. The Morgan fingerprint density at radius 3 is 2.70 bits per heavy atom. The van der Waals surface area contributed by atoms with E-state index in [0.717, 1.165) is 37.1 Å². The molecule has 0 N–H and O–H groups in total. The van der Waals surface area contributed by atoms with Crippen LogP contribution in [-0.4, -0.2) is 48.4 Å². The maximum atomic E-state index is 13.4. The van der Waals surface area contributed by atoms with Crippen molar-refractivity contribution in [3.8, 4) is 12.3 Å². The van der Waals surface area contributed by atoms with E-state index >= 15 is 0 Å². The molecular weight excluding hydrogens is 402 g/mol. The third-order valence-corrected chi connectivity index (χ3v) is 7.76. The number of sulfone groups is 1. The number of methoxy groups -OCH3 is 1. The first-order valence-corrected chi connectivity index (χ1v) is 12.1. The zero-order chi connectivity index (χ0) is 21.4. The molecule has 0 amide bonds. The van der Waals surface area contributed by atoms with E-state index in [2.05, 4.69) is 10.9 Å². The van der Waals surface area contributed by atoms with Gasteiger partial charge in [0.1, 0.15) is 5.76 Å². The van der Waals surface area contributed by atoms with Crippen LogP contribution in [-0.2, 0) is 34.2 Å². The predicted octanol–water partition coefficient (Wildman–Crippen LogP) is 3.25. The first-order chi connectivity index (χ1) is 14.6. The van der Waals surface area contributed by atoms with Crippen LogP contribution in [0.5, 0.6) is 0 Å². The van der Waals surface area contributed by atoms with Crippen LogP contribution in [0.3, 0.4) is 0 Å². The lowest BCUT2D eigenvalue weighted by Gasteiger charge is -2.21. The first-order valence-electron chi connectivity index (χ1n) is 10.5. The highest BCUT2D eigenvalue weighted by atomic mass is 32.2. The standard InChI is InChI=1S/C22H31N3O4S/c1-3-12-24(18-20-9-8-14-29-20)17-19-16-23-22(25(19)13-15-28-2)30(26,27)21-10-6-4-5-7-11-21/h1,8-9,14,16,21H,4-7,10-13,15,17-18H2,2H3. The van der Waals surface area contributed by atoms with Crippen molar-refractivity contribution in [3.63, 3.8) is 0 Å². The van der Waals surface area contributed by atoms with Gasteiger partial charge < -0.3 is 13.7 Å². The first kappa shape index (κ1) is 22.6. The van der Waals surface area contributed by atoms with Crippen LogP contribution in [0.1, 0.15) is 50.0 Å². The van der Waals surface area contributed by atoms with Gasteiger partial charge in [-0.1, -0.05) is 31.6 Å². The number of rotatable bonds is 10. The molecule has 8 heteroatoms. The molecule has 1 aliphatic rings. The van der Waals surface area contributed by atoms with Crippen molar-refractivity contribution in [2.45, 2.75) is 68.6 Å². The third kappa shape index (κ3) is 5.54. The van der Waals surface area contributed by atoms with Gasteiger partial charge >= 0.3 is 0 Å². The summed E-state index contributed by atoms with van der Waals surface area (Å²) in [6.45, 7) is 2.27. The Hall–Kier alpha value is -2.08. The van der Waals surface area contributed by atoms with Gasteiger partial charge in [-0.25, -0.2) is 13.4 Å². The number of nitrogens with zero attached hydrogens (tertiary/aromatic N) is 3. The molecule has 0 aromatic carbocycles. The van der Waals surface area contributed by atoms with E-state index in [-0.39, 0.29) is 10.4 Å². The van der Waals surface area contributed by atoms with Crippen LogP contribution in [0.4, 0.5) is 0 Å². The Labute approximate surface area is 179 Å². The van der Waals surface area contributed by atoms with Crippen LogP contribution >= 0.6 is 0 Å². The maximum Gasteiger partial charge on any atom is 0.228 e. The average molecular weight is 434 g/mol. The van der Waals surface area contributed by atoms with Gasteiger partial charge in [0.05, 0.1) is 43.1 Å². The Kier molecular flexibility index (Phi) is 8.14. The lowest BCUT2D eigenvalue weighted by Crippen LogP contribution is -2.28. The fourth-order valence-corrected chi connectivity index (χ4v) is 5.98. The molecule has 0 atom stereocenters. The molecule has 1 fully saturated rings. The zero-order valence-electron chi connectivity index (χ0n) is 17.6. The van der Waals surface area contributed by atoms with Crippen molar-refractivity contribution < 1.29 is 17.6 Å². The molecule has 0 aliphatic heterocycles. The van der Waals surface area contributed by atoms with Gasteiger partial charge in [-0.3, -0.25) is 4.90 Å². The minimum Gasteiger partial charge on any atom is -0.468 e. The number of hydrogen-bond acceptors (Lipinski definition) is 6. The maximum absolute atomic E-state index is 13.4. The fourth-order valence-electron chi connectivity index (χ4n) is 4.02. The Bertz CT molecular complexity index is 920. The summed E-state index contributed by atoms with van der Waals surface area (Å²) in [5.74, 6) is 3.48. The van der Waals surface area contributed by atoms with Crippen molar-refractivity contribution in [3.05, 3.63) is 36.0 Å². The van der Waals surface area contributed by atoms with Gasteiger partial charge in [-0.05, 0) is 25.0 Å². The van der Waals surface area contributed by atoms with Crippen molar-refractivity contribution in [2.24, 2.45) is 0 Å². The van der Waals surface area contributed by atoms with Crippen LogP contribution in [0, 0.1) is 12.3 Å². The van der Waals surface area contributed by atoms with Crippen LogP contribution in [0.2, 0.25) is 0 Å². The highest BCUT2D eigenvalue weighted by Crippen LogP contribution is 2.28. The SMILES string of the molecule is C#CCN(Cc1ccco1)Cc1cnc(S(=O)(=O)C2CCCCCC2)n1CCOC. The Morgan fingerprint density at radius 1 is 1.30 bits per heavy atom. The minimum absolute atomic E-state index is 0.153. The number of imidazole rings is 1. The van der Waals surface area contributed by atoms with Gasteiger partial charge in [-0.2, -0.15) is 0 Å². The average Bonchev–Trinajstić information content (AvgIpc) is 3.28. The third-order valence-electron chi connectivity index (χ3n) is 5.58. The van der Waals surface area contributed by atoms with Gasteiger partial charge in [-0.15, -0.1) is 6.42 Å². The highest BCUT2D eigenvalue weighted by Gasteiger charge is 2.33. The summed E-state index contributed by atoms with van der Waals surface area (Å²) >= 11 is 0. The normalized spacial score (nSPS) is 15.9. The number of furan rings is 1. The molecule has 2 aromatic heterocycles. The van der Waals surface area contributed by atoms with Crippen molar-refractivity contribution in [2.75, 3.05) is 20.3 Å². The summed E-state index contributed by atoms with van der Waals surface area (Å²) in [6, 6.07) is 3.73. The second-order valence-electron chi connectivity index (χ2n) is 7.76. The van der Waals surface area contributed by atoms with Crippen molar-refractivity contribution in [1.29, 1.82) is 0 Å². The molecule has 0 spiro atoms. The molecule has 0 radical (unpaired) electrons. The molecule has 3 rings (SSSR count). The van der Waals surface area contributed by atoms with Gasteiger partial charge in [0.2, 0.25) is 15.0 Å². The van der Waals surface area contributed by atoms with E-state index in [1.54, 1.807) is 24.1 Å². The van der Waals surface area contributed by atoms with E-state index in [4.69, 9.17) is 15.6 Å². The molecule has 2 aromatic rings. The molecule has 0 saturated heterocycles. The lowest BCUT2D eigenvalue weighted by atomic mass is 10.2.